The average Bonchev–Trinajstić information content (AvgIpc) is 2.69. The van der Waals surface area contributed by atoms with Crippen LogP contribution in [0.5, 0.6) is 5.75 Å². The van der Waals surface area contributed by atoms with E-state index in [0.29, 0.717) is 27.8 Å². The minimum absolute atomic E-state index is 0.248. The molecule has 0 unspecified atom stereocenters. The number of rotatable bonds is 4. The molecular formula is C20H18F2N2O3S. The molecule has 1 aliphatic heterocycles. The number of nitrogens with one attached hydrogen (secondary N) is 1. The number of esters is 1. The Bertz CT molecular complexity index is 960. The maximum atomic E-state index is 13.8. The lowest BCUT2D eigenvalue weighted by Crippen LogP contribution is -2.48. The molecule has 2 aromatic carbocycles. The molecule has 0 fully saturated rings. The summed E-state index contributed by atoms with van der Waals surface area (Å²) in [6, 6.07) is 9.80. The van der Waals surface area contributed by atoms with Crippen molar-refractivity contribution in [1.29, 1.82) is 0 Å². The Kier molecular flexibility index (Phi) is 5.60. The van der Waals surface area contributed by atoms with Crippen LogP contribution in [-0.2, 0) is 9.53 Å². The van der Waals surface area contributed by atoms with Crippen LogP contribution >= 0.6 is 12.2 Å². The van der Waals surface area contributed by atoms with Gasteiger partial charge in [-0.2, -0.15) is 0 Å². The molecule has 0 saturated heterocycles. The van der Waals surface area contributed by atoms with E-state index in [1.165, 1.54) is 13.2 Å². The number of methoxy groups -OCH3 is 2. The minimum Gasteiger partial charge on any atom is -0.497 e. The Morgan fingerprint density at radius 3 is 2.36 bits per heavy atom. The molecule has 1 heterocycles. The van der Waals surface area contributed by atoms with Gasteiger partial charge in [0.05, 0.1) is 25.8 Å². The second-order valence-electron chi connectivity index (χ2n) is 6.08. The van der Waals surface area contributed by atoms with Crippen molar-refractivity contribution in [3.63, 3.8) is 0 Å². The highest BCUT2D eigenvalue weighted by molar-refractivity contribution is 7.80. The Balaban J connectivity index is 2.11. The van der Waals surface area contributed by atoms with E-state index in [9.17, 15) is 13.6 Å². The first-order chi connectivity index (χ1) is 13.4. The highest BCUT2D eigenvalue weighted by Gasteiger charge is 2.35. The second-order valence-corrected chi connectivity index (χ2v) is 6.47. The molecule has 1 aliphatic rings. The van der Waals surface area contributed by atoms with Gasteiger partial charge in [-0.05, 0) is 61.1 Å². The van der Waals surface area contributed by atoms with E-state index in [1.54, 1.807) is 43.2 Å². The lowest BCUT2D eigenvalue weighted by Gasteiger charge is -2.37. The first-order valence-electron chi connectivity index (χ1n) is 8.36. The van der Waals surface area contributed by atoms with Crippen molar-refractivity contribution in [3.05, 3.63) is 70.9 Å². The molecule has 0 bridgehead atoms. The summed E-state index contributed by atoms with van der Waals surface area (Å²) in [5.74, 6) is -1.90. The van der Waals surface area contributed by atoms with E-state index >= 15 is 0 Å². The van der Waals surface area contributed by atoms with Crippen LogP contribution in [-0.4, -0.2) is 25.3 Å². The van der Waals surface area contributed by atoms with Crippen LogP contribution in [0.4, 0.5) is 14.5 Å². The second kappa shape index (κ2) is 7.93. The average molecular weight is 404 g/mol. The van der Waals surface area contributed by atoms with Crippen molar-refractivity contribution in [2.75, 3.05) is 19.1 Å². The van der Waals surface area contributed by atoms with Gasteiger partial charge in [-0.3, -0.25) is 4.90 Å². The van der Waals surface area contributed by atoms with Crippen molar-refractivity contribution in [2.24, 2.45) is 0 Å². The van der Waals surface area contributed by atoms with Crippen LogP contribution in [0, 0.1) is 11.6 Å². The number of ether oxygens (including phenoxy) is 2. The molecule has 3 rings (SSSR count). The number of carbonyl (C=O) groups excluding carboxylic acids is 1. The SMILES string of the molecule is COC(=O)C1=C(C)N(c2ccc(OC)cc2)C(=S)N[C@H]1c1ccc(F)c(F)c1. The predicted molar refractivity (Wildman–Crippen MR) is 105 cm³/mol. The number of hydrogen-bond acceptors (Lipinski definition) is 4. The van der Waals surface area contributed by atoms with Crippen LogP contribution < -0.4 is 15.0 Å². The molecule has 0 amide bonds. The molecule has 0 aliphatic carbocycles. The monoisotopic (exact) mass is 404 g/mol. The summed E-state index contributed by atoms with van der Waals surface area (Å²) in [7, 11) is 2.82. The molecule has 146 valence electrons. The summed E-state index contributed by atoms with van der Waals surface area (Å²) in [6.45, 7) is 1.72. The number of thiocarbonyl (C=S) groups is 1. The standard InChI is InChI=1S/C20H18F2N2O3S/c1-11-17(19(25)27-3)18(12-4-9-15(21)16(22)10-12)23-20(28)24(11)13-5-7-14(26-2)8-6-13/h4-10,18H,1-3H3,(H,23,28)/t18-/m0/s1. The van der Waals surface area contributed by atoms with Gasteiger partial charge in [0, 0.05) is 11.4 Å². The van der Waals surface area contributed by atoms with E-state index in [4.69, 9.17) is 21.7 Å². The van der Waals surface area contributed by atoms with Gasteiger partial charge >= 0.3 is 5.97 Å². The van der Waals surface area contributed by atoms with E-state index < -0.39 is 23.6 Å². The van der Waals surface area contributed by atoms with Crippen LogP contribution in [0.1, 0.15) is 18.5 Å². The first-order valence-corrected chi connectivity index (χ1v) is 8.77. The third-order valence-electron chi connectivity index (χ3n) is 4.50. The smallest absolute Gasteiger partial charge is 0.337 e. The van der Waals surface area contributed by atoms with Crippen molar-refractivity contribution >= 4 is 29.0 Å². The van der Waals surface area contributed by atoms with Crippen LogP contribution in [0.2, 0.25) is 0 Å². The quantitative estimate of drug-likeness (QED) is 0.617. The Hall–Kier alpha value is -3.00. The van der Waals surface area contributed by atoms with Gasteiger partial charge in [0.15, 0.2) is 16.7 Å². The molecule has 0 saturated carbocycles. The van der Waals surface area contributed by atoms with Crippen molar-refractivity contribution < 1.29 is 23.0 Å². The van der Waals surface area contributed by atoms with Crippen molar-refractivity contribution in [3.8, 4) is 5.75 Å². The Morgan fingerprint density at radius 2 is 1.79 bits per heavy atom. The van der Waals surface area contributed by atoms with E-state index in [1.807, 2.05) is 0 Å². The molecule has 28 heavy (non-hydrogen) atoms. The van der Waals surface area contributed by atoms with Crippen LogP contribution in [0.3, 0.4) is 0 Å². The molecule has 5 nitrogen and oxygen atoms in total. The minimum atomic E-state index is -1.01. The summed E-state index contributed by atoms with van der Waals surface area (Å²) in [6.07, 6.45) is 0. The van der Waals surface area contributed by atoms with E-state index in [2.05, 4.69) is 5.32 Å². The van der Waals surface area contributed by atoms with Crippen LogP contribution in [0.25, 0.3) is 0 Å². The van der Waals surface area contributed by atoms with Gasteiger partial charge < -0.3 is 14.8 Å². The van der Waals surface area contributed by atoms with Gasteiger partial charge in [0.1, 0.15) is 5.75 Å². The van der Waals surface area contributed by atoms with E-state index in [0.717, 1.165) is 12.1 Å². The molecule has 2 aromatic rings. The summed E-state index contributed by atoms with van der Waals surface area (Å²) >= 11 is 5.49. The molecular weight excluding hydrogens is 386 g/mol. The number of carbonyl (C=O) groups is 1. The van der Waals surface area contributed by atoms with Gasteiger partial charge in [-0.15, -0.1) is 0 Å². The number of benzene rings is 2. The number of hydrogen-bond donors (Lipinski definition) is 1. The summed E-state index contributed by atoms with van der Waals surface area (Å²) in [5.41, 5.74) is 1.84. The fraction of sp³-hybridized carbons (Fsp3) is 0.200. The third-order valence-corrected chi connectivity index (χ3v) is 4.80. The highest BCUT2D eigenvalue weighted by atomic mass is 32.1. The Labute approximate surface area is 166 Å². The van der Waals surface area contributed by atoms with Crippen LogP contribution in [0.15, 0.2) is 53.7 Å². The number of nitrogens with zero attached hydrogens (tertiary/aromatic N) is 1. The number of allylic oxidation sites excluding steroid dienone is 1. The van der Waals surface area contributed by atoms with Gasteiger partial charge in [-0.25, -0.2) is 13.6 Å². The molecule has 0 spiro atoms. The molecule has 1 atom stereocenters. The van der Waals surface area contributed by atoms with Gasteiger partial charge in [0.25, 0.3) is 0 Å². The molecule has 1 N–H and O–H groups in total. The zero-order valence-electron chi connectivity index (χ0n) is 15.5. The van der Waals surface area contributed by atoms with E-state index in [-0.39, 0.29) is 5.57 Å². The lowest BCUT2D eigenvalue weighted by molar-refractivity contribution is -0.136. The van der Waals surface area contributed by atoms with Gasteiger partial charge in [0.2, 0.25) is 0 Å². The maximum absolute atomic E-state index is 13.8. The molecule has 0 aromatic heterocycles. The fourth-order valence-electron chi connectivity index (χ4n) is 3.10. The third kappa shape index (κ3) is 3.55. The highest BCUT2D eigenvalue weighted by Crippen LogP contribution is 2.35. The van der Waals surface area contributed by atoms with Crippen molar-refractivity contribution in [2.45, 2.75) is 13.0 Å². The normalized spacial score (nSPS) is 16.7. The topological polar surface area (TPSA) is 50.8 Å². The summed E-state index contributed by atoms with van der Waals surface area (Å²) in [4.78, 5) is 14.2. The zero-order chi connectivity index (χ0) is 20.4. The van der Waals surface area contributed by atoms with Crippen molar-refractivity contribution in [1.82, 2.24) is 5.32 Å². The fourth-order valence-corrected chi connectivity index (χ4v) is 3.46. The number of anilines is 1. The maximum Gasteiger partial charge on any atom is 0.337 e. The molecule has 8 heteroatoms. The molecule has 0 radical (unpaired) electrons. The summed E-state index contributed by atoms with van der Waals surface area (Å²) in [5, 5.41) is 3.34. The lowest BCUT2D eigenvalue weighted by atomic mass is 9.94. The zero-order valence-corrected chi connectivity index (χ0v) is 16.3. The number of halogens is 2. The van der Waals surface area contributed by atoms with Gasteiger partial charge in [-0.1, -0.05) is 6.07 Å². The summed E-state index contributed by atoms with van der Waals surface area (Å²) < 4.78 is 37.2. The largest absolute Gasteiger partial charge is 0.497 e. The first kappa shape index (κ1) is 19.8. The predicted octanol–water partition coefficient (Wildman–Crippen LogP) is 3.86. The Morgan fingerprint density at radius 1 is 1.11 bits per heavy atom.